The van der Waals surface area contributed by atoms with E-state index < -0.39 is 0 Å². The van der Waals surface area contributed by atoms with Crippen LogP contribution in [-0.2, 0) is 11.8 Å². The first-order valence-electron chi connectivity index (χ1n) is 11.4. The molecule has 0 unspecified atom stereocenters. The third kappa shape index (κ3) is 4.75. The highest BCUT2D eigenvalue weighted by Gasteiger charge is 2.24. The molecular formula is C27H25N7O. The Morgan fingerprint density at radius 3 is 2.69 bits per heavy atom. The zero-order chi connectivity index (χ0) is 24.4. The van der Waals surface area contributed by atoms with Gasteiger partial charge < -0.3 is 10.3 Å². The van der Waals surface area contributed by atoms with Crippen molar-refractivity contribution in [2.24, 2.45) is 0 Å². The van der Waals surface area contributed by atoms with Gasteiger partial charge in [-0.05, 0) is 30.3 Å². The van der Waals surface area contributed by atoms with Crippen molar-refractivity contribution in [2.45, 2.75) is 32.6 Å². The normalized spacial score (nSPS) is 11.4. The molecular weight excluding hydrogens is 438 g/mol. The quantitative estimate of drug-likeness (QED) is 0.396. The Hall–Kier alpha value is -4.51. The summed E-state index contributed by atoms with van der Waals surface area (Å²) in [5, 5.41) is 11.7. The van der Waals surface area contributed by atoms with Gasteiger partial charge in [0.15, 0.2) is 5.65 Å². The van der Waals surface area contributed by atoms with E-state index in [9.17, 15) is 4.79 Å². The molecule has 0 saturated heterocycles. The van der Waals surface area contributed by atoms with Crippen LogP contribution in [0.2, 0.25) is 0 Å². The summed E-state index contributed by atoms with van der Waals surface area (Å²) >= 11 is 0. The van der Waals surface area contributed by atoms with Crippen LogP contribution in [0.4, 0.5) is 0 Å². The molecule has 0 aliphatic rings. The second kappa shape index (κ2) is 9.03. The summed E-state index contributed by atoms with van der Waals surface area (Å²) < 4.78 is 1.86. The monoisotopic (exact) mass is 463 g/mol. The first-order valence-corrected chi connectivity index (χ1v) is 11.4. The van der Waals surface area contributed by atoms with Gasteiger partial charge in [-0.15, -0.1) is 10.2 Å². The van der Waals surface area contributed by atoms with Crippen LogP contribution < -0.4 is 5.32 Å². The van der Waals surface area contributed by atoms with E-state index in [1.165, 1.54) is 0 Å². The number of hydrogen-bond donors (Lipinski definition) is 2. The van der Waals surface area contributed by atoms with Gasteiger partial charge >= 0.3 is 0 Å². The number of imidazole rings is 1. The lowest BCUT2D eigenvalue weighted by Crippen LogP contribution is -2.27. The predicted octanol–water partition coefficient (Wildman–Crippen LogP) is 3.67. The van der Waals surface area contributed by atoms with Crippen molar-refractivity contribution in [3.8, 4) is 11.8 Å². The number of nitrogens with one attached hydrogen (secondary N) is 2. The Morgan fingerprint density at radius 2 is 1.91 bits per heavy atom. The third-order valence-electron chi connectivity index (χ3n) is 5.52. The van der Waals surface area contributed by atoms with Gasteiger partial charge in [0, 0.05) is 48.1 Å². The lowest BCUT2D eigenvalue weighted by molar-refractivity contribution is 0.0955. The molecule has 1 aromatic carbocycles. The van der Waals surface area contributed by atoms with E-state index >= 15 is 0 Å². The standard InChI is InChI=1S/C27H25N7O/c1-27(2,3)26-33-32-24-20(15-19(17-34(24)26)11-10-18-7-6-13-28-16-18)25(35)29-14-12-23-30-21-8-4-5-9-22(21)31-23/h4-9,13,15-17H,12,14H2,1-3H3,(H,29,35)(H,30,31). The Kier molecular flexibility index (Phi) is 5.75. The van der Waals surface area contributed by atoms with Crippen molar-refractivity contribution in [2.75, 3.05) is 6.54 Å². The van der Waals surface area contributed by atoms with Gasteiger partial charge in [-0.2, -0.15) is 0 Å². The molecule has 5 aromatic rings. The number of H-pyrrole nitrogens is 1. The molecule has 0 spiro atoms. The number of aromatic amines is 1. The lowest BCUT2D eigenvalue weighted by atomic mass is 9.96. The topological polar surface area (TPSA) is 101 Å². The number of para-hydroxylation sites is 2. The highest BCUT2D eigenvalue weighted by molar-refractivity contribution is 6.00. The van der Waals surface area contributed by atoms with Crippen LogP contribution in [0, 0.1) is 11.8 Å². The van der Waals surface area contributed by atoms with Crippen LogP contribution >= 0.6 is 0 Å². The van der Waals surface area contributed by atoms with Crippen molar-refractivity contribution in [1.82, 2.24) is 34.9 Å². The van der Waals surface area contributed by atoms with Crippen LogP contribution in [0.25, 0.3) is 16.7 Å². The molecule has 8 nitrogen and oxygen atoms in total. The molecule has 8 heteroatoms. The number of amides is 1. The van der Waals surface area contributed by atoms with Crippen LogP contribution in [0.3, 0.4) is 0 Å². The van der Waals surface area contributed by atoms with Crippen molar-refractivity contribution in [1.29, 1.82) is 0 Å². The zero-order valence-electron chi connectivity index (χ0n) is 19.8. The van der Waals surface area contributed by atoms with E-state index in [0.717, 1.165) is 28.2 Å². The van der Waals surface area contributed by atoms with Crippen molar-refractivity contribution < 1.29 is 4.79 Å². The summed E-state index contributed by atoms with van der Waals surface area (Å²) in [6.07, 6.45) is 5.87. The van der Waals surface area contributed by atoms with E-state index in [4.69, 9.17) is 0 Å². The second-order valence-electron chi connectivity index (χ2n) is 9.31. The molecule has 0 aliphatic heterocycles. The molecule has 2 N–H and O–H groups in total. The number of aromatic nitrogens is 6. The van der Waals surface area contributed by atoms with Gasteiger partial charge in [0.05, 0.1) is 16.6 Å². The van der Waals surface area contributed by atoms with Crippen LogP contribution in [0.1, 0.15) is 53.9 Å². The predicted molar refractivity (Wildman–Crippen MR) is 134 cm³/mol. The molecule has 0 atom stereocenters. The molecule has 4 heterocycles. The molecule has 0 radical (unpaired) electrons. The van der Waals surface area contributed by atoms with E-state index in [1.807, 2.05) is 47.0 Å². The van der Waals surface area contributed by atoms with Crippen molar-refractivity contribution in [3.63, 3.8) is 0 Å². The van der Waals surface area contributed by atoms with Crippen LogP contribution in [-0.4, -0.2) is 42.0 Å². The van der Waals surface area contributed by atoms with Crippen molar-refractivity contribution in [3.05, 3.63) is 89.4 Å². The highest BCUT2D eigenvalue weighted by atomic mass is 16.1. The fourth-order valence-corrected chi connectivity index (χ4v) is 3.84. The van der Waals surface area contributed by atoms with Gasteiger partial charge in [-0.25, -0.2) is 4.98 Å². The smallest absolute Gasteiger partial charge is 0.255 e. The second-order valence-corrected chi connectivity index (χ2v) is 9.31. The van der Waals surface area contributed by atoms with Gasteiger partial charge in [-0.1, -0.05) is 44.7 Å². The van der Waals surface area contributed by atoms with E-state index in [0.29, 0.717) is 29.7 Å². The number of fused-ring (bicyclic) bond motifs is 2. The van der Waals surface area contributed by atoms with E-state index in [1.54, 1.807) is 18.5 Å². The number of nitrogens with zero attached hydrogens (tertiary/aromatic N) is 5. The summed E-state index contributed by atoms with van der Waals surface area (Å²) in [4.78, 5) is 25.2. The summed E-state index contributed by atoms with van der Waals surface area (Å²) in [5.41, 5.74) is 4.04. The number of benzene rings is 1. The number of hydrogen-bond acceptors (Lipinski definition) is 5. The van der Waals surface area contributed by atoms with Gasteiger partial charge in [0.25, 0.3) is 5.91 Å². The minimum Gasteiger partial charge on any atom is -0.351 e. The van der Waals surface area contributed by atoms with E-state index in [2.05, 4.69) is 63.1 Å². The number of rotatable bonds is 4. The fourth-order valence-electron chi connectivity index (χ4n) is 3.84. The minimum absolute atomic E-state index is 0.232. The SMILES string of the molecule is CC(C)(C)c1nnc2c(C(=O)NCCc3nc4ccccc4[nH]3)cc(C#Cc3cccnc3)cn12. The van der Waals surface area contributed by atoms with Gasteiger partial charge in [0.2, 0.25) is 0 Å². The third-order valence-corrected chi connectivity index (χ3v) is 5.52. The Morgan fingerprint density at radius 1 is 1.09 bits per heavy atom. The molecule has 5 rings (SSSR count). The van der Waals surface area contributed by atoms with Crippen LogP contribution in [0.15, 0.2) is 61.1 Å². The first kappa shape index (κ1) is 22.3. The van der Waals surface area contributed by atoms with E-state index in [-0.39, 0.29) is 11.3 Å². The highest BCUT2D eigenvalue weighted by Crippen LogP contribution is 2.23. The maximum atomic E-state index is 13.2. The van der Waals surface area contributed by atoms with Crippen LogP contribution in [0.5, 0.6) is 0 Å². The molecule has 4 aromatic heterocycles. The summed E-state index contributed by atoms with van der Waals surface area (Å²) in [6, 6.07) is 13.4. The largest absolute Gasteiger partial charge is 0.351 e. The Balaban J connectivity index is 1.43. The Labute approximate surface area is 202 Å². The number of carbonyl (C=O) groups excluding carboxylic acids is 1. The summed E-state index contributed by atoms with van der Waals surface area (Å²) in [7, 11) is 0. The maximum absolute atomic E-state index is 13.2. The lowest BCUT2D eigenvalue weighted by Gasteiger charge is -2.16. The molecule has 0 bridgehead atoms. The van der Waals surface area contributed by atoms with Crippen molar-refractivity contribution >= 4 is 22.6 Å². The summed E-state index contributed by atoms with van der Waals surface area (Å²) in [5.74, 6) is 7.61. The molecule has 0 aliphatic carbocycles. The van der Waals surface area contributed by atoms with Gasteiger partial charge in [-0.3, -0.25) is 14.2 Å². The first-order chi connectivity index (χ1) is 16.9. The average Bonchev–Trinajstić information content (AvgIpc) is 3.46. The Bertz CT molecular complexity index is 1550. The average molecular weight is 464 g/mol. The molecule has 35 heavy (non-hydrogen) atoms. The molecule has 1 amide bonds. The zero-order valence-corrected chi connectivity index (χ0v) is 19.8. The summed E-state index contributed by atoms with van der Waals surface area (Å²) in [6.45, 7) is 6.61. The molecule has 0 saturated carbocycles. The fraction of sp³-hybridized carbons (Fsp3) is 0.222. The molecule has 174 valence electrons. The number of carbonyl (C=O) groups is 1. The van der Waals surface area contributed by atoms with Gasteiger partial charge in [0.1, 0.15) is 11.6 Å². The maximum Gasteiger partial charge on any atom is 0.255 e. The minimum atomic E-state index is -0.260. The molecule has 0 fully saturated rings. The number of pyridine rings is 2.